The van der Waals surface area contributed by atoms with Gasteiger partial charge in [0, 0.05) is 22.4 Å². The van der Waals surface area contributed by atoms with Gasteiger partial charge in [-0.2, -0.15) is 18.4 Å². The Balaban J connectivity index is 2.46. The standard InChI is InChI=1S/C16H20F3N3O/c1-8-10(7-22-9(6-20)11(8)16(17,18)19)23-13-14(2,3)12(21)15(13,4)5/h7,12-13H,21H2,1-5H3. The van der Waals surface area contributed by atoms with E-state index in [0.717, 1.165) is 0 Å². The molecule has 1 heterocycles. The first-order chi connectivity index (χ1) is 10.3. The molecule has 0 amide bonds. The number of aromatic nitrogens is 1. The second kappa shape index (κ2) is 5.10. The summed E-state index contributed by atoms with van der Waals surface area (Å²) in [5, 5.41) is 8.87. The Kier molecular flexibility index (Phi) is 3.89. The average Bonchev–Trinajstić information content (AvgIpc) is 2.42. The average molecular weight is 327 g/mol. The Hall–Kier alpha value is -1.81. The third kappa shape index (κ3) is 2.55. The van der Waals surface area contributed by atoms with E-state index in [2.05, 4.69) is 4.98 Å². The number of alkyl halides is 3. The van der Waals surface area contributed by atoms with Crippen molar-refractivity contribution in [2.24, 2.45) is 16.6 Å². The highest BCUT2D eigenvalue weighted by Gasteiger charge is 2.62. The van der Waals surface area contributed by atoms with Crippen molar-refractivity contribution in [3.8, 4) is 11.8 Å². The van der Waals surface area contributed by atoms with E-state index in [-0.39, 0.29) is 34.3 Å². The Labute approximate surface area is 133 Å². The molecule has 1 aliphatic rings. The number of nitrogens with zero attached hydrogens (tertiary/aromatic N) is 2. The van der Waals surface area contributed by atoms with E-state index < -0.39 is 17.4 Å². The Morgan fingerprint density at radius 1 is 1.26 bits per heavy atom. The van der Waals surface area contributed by atoms with Crippen molar-refractivity contribution in [2.45, 2.75) is 52.9 Å². The van der Waals surface area contributed by atoms with E-state index in [4.69, 9.17) is 15.7 Å². The highest BCUT2D eigenvalue weighted by atomic mass is 19.4. The first-order valence-electron chi connectivity index (χ1n) is 7.24. The minimum absolute atomic E-state index is 0.0365. The van der Waals surface area contributed by atoms with Gasteiger partial charge in [-0.25, -0.2) is 4.98 Å². The molecule has 0 bridgehead atoms. The van der Waals surface area contributed by atoms with E-state index in [0.29, 0.717) is 0 Å². The second-order valence-electron chi connectivity index (χ2n) is 7.20. The summed E-state index contributed by atoms with van der Waals surface area (Å²) in [6.07, 6.45) is -3.83. The second-order valence-corrected chi connectivity index (χ2v) is 7.20. The Morgan fingerprint density at radius 2 is 1.78 bits per heavy atom. The van der Waals surface area contributed by atoms with E-state index in [1.807, 2.05) is 27.7 Å². The van der Waals surface area contributed by atoms with Crippen LogP contribution in [0.4, 0.5) is 13.2 Å². The van der Waals surface area contributed by atoms with Crippen LogP contribution in [0, 0.1) is 29.1 Å². The fourth-order valence-electron chi connectivity index (χ4n) is 3.71. The zero-order valence-corrected chi connectivity index (χ0v) is 13.7. The SMILES string of the molecule is Cc1c(OC2C(C)(C)C(N)C2(C)C)cnc(C#N)c1C(F)(F)F. The van der Waals surface area contributed by atoms with Crippen LogP contribution in [-0.2, 0) is 6.18 Å². The van der Waals surface area contributed by atoms with Crippen LogP contribution in [0.1, 0.15) is 44.5 Å². The Morgan fingerprint density at radius 3 is 2.22 bits per heavy atom. The van der Waals surface area contributed by atoms with Gasteiger partial charge in [-0.1, -0.05) is 27.7 Å². The van der Waals surface area contributed by atoms with Crippen LogP contribution in [0.15, 0.2) is 6.20 Å². The summed E-state index contributed by atoms with van der Waals surface area (Å²) in [6.45, 7) is 8.98. The highest BCUT2D eigenvalue weighted by Crippen LogP contribution is 2.54. The molecule has 2 N–H and O–H groups in total. The lowest BCUT2D eigenvalue weighted by Gasteiger charge is -2.61. The van der Waals surface area contributed by atoms with Crippen LogP contribution in [0.2, 0.25) is 0 Å². The summed E-state index contributed by atoms with van der Waals surface area (Å²) in [7, 11) is 0. The normalized spacial score (nSPS) is 25.4. The van der Waals surface area contributed by atoms with E-state index in [1.165, 1.54) is 19.2 Å². The molecule has 23 heavy (non-hydrogen) atoms. The van der Waals surface area contributed by atoms with Crippen LogP contribution < -0.4 is 10.5 Å². The van der Waals surface area contributed by atoms with Crippen molar-refractivity contribution < 1.29 is 17.9 Å². The zero-order valence-electron chi connectivity index (χ0n) is 13.7. The van der Waals surface area contributed by atoms with Gasteiger partial charge in [0.25, 0.3) is 0 Å². The topological polar surface area (TPSA) is 71.9 Å². The molecule has 7 heteroatoms. The maximum atomic E-state index is 13.2. The van der Waals surface area contributed by atoms with Crippen LogP contribution in [0.25, 0.3) is 0 Å². The molecule has 126 valence electrons. The molecule has 0 atom stereocenters. The van der Waals surface area contributed by atoms with Crippen LogP contribution in [0.5, 0.6) is 5.75 Å². The number of hydrogen-bond donors (Lipinski definition) is 1. The van der Waals surface area contributed by atoms with Crippen molar-refractivity contribution in [2.75, 3.05) is 0 Å². The summed E-state index contributed by atoms with van der Waals surface area (Å²) in [4.78, 5) is 3.61. The lowest BCUT2D eigenvalue weighted by atomic mass is 9.50. The van der Waals surface area contributed by atoms with Gasteiger partial charge >= 0.3 is 6.18 Å². The van der Waals surface area contributed by atoms with Crippen molar-refractivity contribution in [3.63, 3.8) is 0 Å². The monoisotopic (exact) mass is 327 g/mol. The number of ether oxygens (including phenoxy) is 1. The maximum Gasteiger partial charge on any atom is 0.419 e. The largest absolute Gasteiger partial charge is 0.487 e. The molecule has 1 aromatic rings. The molecular weight excluding hydrogens is 307 g/mol. The lowest BCUT2D eigenvalue weighted by molar-refractivity contribution is -0.156. The van der Waals surface area contributed by atoms with Gasteiger partial charge in [-0.15, -0.1) is 0 Å². The first kappa shape index (κ1) is 17.5. The molecule has 1 aliphatic carbocycles. The molecule has 0 spiro atoms. The number of halogens is 3. The van der Waals surface area contributed by atoms with Gasteiger partial charge in [-0.05, 0) is 6.92 Å². The molecule has 2 rings (SSSR count). The number of nitriles is 1. The predicted octanol–water partition coefficient (Wildman–Crippen LogP) is 3.42. The van der Waals surface area contributed by atoms with Crippen molar-refractivity contribution in [1.29, 1.82) is 5.26 Å². The molecule has 0 radical (unpaired) electrons. The predicted molar refractivity (Wildman–Crippen MR) is 78.6 cm³/mol. The fourth-order valence-corrected chi connectivity index (χ4v) is 3.71. The summed E-state index contributed by atoms with van der Waals surface area (Å²) >= 11 is 0. The number of hydrogen-bond acceptors (Lipinski definition) is 4. The molecule has 0 aliphatic heterocycles. The molecule has 1 aromatic heterocycles. The molecule has 1 fully saturated rings. The highest BCUT2D eigenvalue weighted by molar-refractivity contribution is 5.46. The fraction of sp³-hybridized carbons (Fsp3) is 0.625. The zero-order chi connectivity index (χ0) is 17.8. The molecule has 0 aromatic carbocycles. The van der Waals surface area contributed by atoms with Gasteiger partial charge < -0.3 is 10.5 Å². The molecule has 4 nitrogen and oxygen atoms in total. The van der Waals surface area contributed by atoms with Crippen LogP contribution >= 0.6 is 0 Å². The van der Waals surface area contributed by atoms with Crippen LogP contribution in [0.3, 0.4) is 0 Å². The van der Waals surface area contributed by atoms with Gasteiger partial charge in [0.2, 0.25) is 0 Å². The quantitative estimate of drug-likeness (QED) is 0.903. The molecule has 1 saturated carbocycles. The third-order valence-electron chi connectivity index (χ3n) is 4.88. The molecular formula is C16H20F3N3O. The smallest absolute Gasteiger partial charge is 0.419 e. The van der Waals surface area contributed by atoms with Crippen molar-refractivity contribution in [3.05, 3.63) is 23.0 Å². The van der Waals surface area contributed by atoms with E-state index in [9.17, 15) is 13.2 Å². The minimum atomic E-state index is -4.66. The van der Waals surface area contributed by atoms with E-state index >= 15 is 0 Å². The van der Waals surface area contributed by atoms with Gasteiger partial charge in [0.1, 0.15) is 17.9 Å². The summed E-state index contributed by atoms with van der Waals surface area (Å²) < 4.78 is 45.5. The summed E-state index contributed by atoms with van der Waals surface area (Å²) in [5.41, 5.74) is 3.58. The summed E-state index contributed by atoms with van der Waals surface area (Å²) in [6, 6.07) is 1.35. The lowest BCUT2D eigenvalue weighted by Crippen LogP contribution is -2.73. The van der Waals surface area contributed by atoms with Crippen LogP contribution in [-0.4, -0.2) is 17.1 Å². The minimum Gasteiger partial charge on any atom is -0.487 e. The van der Waals surface area contributed by atoms with Crippen molar-refractivity contribution in [1.82, 2.24) is 4.98 Å². The van der Waals surface area contributed by atoms with Crippen molar-refractivity contribution >= 4 is 0 Å². The van der Waals surface area contributed by atoms with E-state index in [1.54, 1.807) is 0 Å². The summed E-state index contributed by atoms with van der Waals surface area (Å²) in [5.74, 6) is 0.0365. The molecule has 0 unspecified atom stereocenters. The van der Waals surface area contributed by atoms with Gasteiger partial charge in [0.15, 0.2) is 5.69 Å². The van der Waals surface area contributed by atoms with Gasteiger partial charge in [-0.3, -0.25) is 0 Å². The maximum absolute atomic E-state index is 13.2. The molecule has 0 saturated heterocycles. The van der Waals surface area contributed by atoms with Gasteiger partial charge in [0.05, 0.1) is 11.8 Å². The number of pyridine rings is 1. The first-order valence-corrected chi connectivity index (χ1v) is 7.24. The number of rotatable bonds is 2. The number of nitrogens with two attached hydrogens (primary N) is 1. The third-order valence-corrected chi connectivity index (χ3v) is 4.88. The Bertz CT molecular complexity index is 658.